The van der Waals surface area contributed by atoms with Crippen molar-refractivity contribution in [3.63, 3.8) is 0 Å². The first-order valence-electron chi connectivity index (χ1n) is 8.02. The molecule has 25 heavy (non-hydrogen) atoms. The number of hydrogen-bond donors (Lipinski definition) is 1. The summed E-state index contributed by atoms with van der Waals surface area (Å²) in [6.07, 6.45) is -0.520. The van der Waals surface area contributed by atoms with Gasteiger partial charge in [-0.1, -0.05) is 6.08 Å². The molecule has 0 radical (unpaired) electrons. The number of ether oxygens (including phenoxy) is 2. The third kappa shape index (κ3) is 2.93. The van der Waals surface area contributed by atoms with Crippen LogP contribution in [0.5, 0.6) is 5.75 Å². The minimum Gasteiger partial charge on any atom is -0.483 e. The quantitative estimate of drug-likeness (QED) is 0.512. The lowest BCUT2D eigenvalue weighted by molar-refractivity contribution is -0.173. The van der Waals surface area contributed by atoms with Crippen LogP contribution in [0.1, 0.15) is 39.4 Å². The summed E-state index contributed by atoms with van der Waals surface area (Å²) in [5.41, 5.74) is -0.518. The van der Waals surface area contributed by atoms with Gasteiger partial charge in [-0.2, -0.15) is 0 Å². The molecule has 1 aliphatic heterocycles. The number of esters is 1. The molecule has 2 heterocycles. The number of allylic oxidation sites excluding steroid dienone is 1. The van der Waals surface area contributed by atoms with Crippen LogP contribution < -0.4 is 10.4 Å². The van der Waals surface area contributed by atoms with Crippen LogP contribution in [0.4, 0.5) is 0 Å². The van der Waals surface area contributed by atoms with Crippen LogP contribution in [0.3, 0.4) is 0 Å². The smallest absolute Gasteiger partial charge is 0.336 e. The molecule has 0 spiro atoms. The second kappa shape index (κ2) is 6.04. The summed E-state index contributed by atoms with van der Waals surface area (Å²) in [7, 11) is 0. The first-order valence-corrected chi connectivity index (χ1v) is 8.02. The largest absolute Gasteiger partial charge is 0.483 e. The average Bonchev–Trinajstić information content (AvgIpc) is 2.56. The van der Waals surface area contributed by atoms with Gasteiger partial charge in [0.1, 0.15) is 23.0 Å². The van der Waals surface area contributed by atoms with Crippen LogP contribution in [-0.4, -0.2) is 22.8 Å². The molecule has 0 saturated carbocycles. The third-order valence-electron chi connectivity index (χ3n) is 4.42. The van der Waals surface area contributed by atoms with Gasteiger partial charge in [0.15, 0.2) is 6.10 Å². The lowest BCUT2D eigenvalue weighted by Crippen LogP contribution is -2.51. The fourth-order valence-corrected chi connectivity index (χ4v) is 2.91. The number of fused-ring (bicyclic) bond motifs is 3. The van der Waals surface area contributed by atoms with Crippen molar-refractivity contribution in [3.8, 4) is 5.75 Å². The molecule has 6 heteroatoms. The van der Waals surface area contributed by atoms with E-state index in [9.17, 15) is 14.7 Å². The molecule has 3 rings (SSSR count). The number of benzene rings is 1. The van der Waals surface area contributed by atoms with E-state index in [1.54, 1.807) is 52.0 Å². The van der Waals surface area contributed by atoms with E-state index in [0.29, 0.717) is 22.3 Å². The van der Waals surface area contributed by atoms with Gasteiger partial charge >= 0.3 is 11.6 Å². The summed E-state index contributed by atoms with van der Waals surface area (Å²) in [5.74, 6) is -0.136. The Morgan fingerprint density at radius 2 is 1.96 bits per heavy atom. The van der Waals surface area contributed by atoms with E-state index in [0.717, 1.165) is 0 Å². The second-order valence-corrected chi connectivity index (χ2v) is 6.60. The molecule has 1 aliphatic rings. The molecule has 1 aromatic heterocycles. The maximum absolute atomic E-state index is 12.2. The molecule has 0 unspecified atom stereocenters. The Labute approximate surface area is 144 Å². The van der Waals surface area contributed by atoms with Crippen LogP contribution in [0.25, 0.3) is 11.0 Å². The fourth-order valence-electron chi connectivity index (χ4n) is 2.91. The van der Waals surface area contributed by atoms with E-state index < -0.39 is 29.4 Å². The highest BCUT2D eigenvalue weighted by atomic mass is 16.6. The van der Waals surface area contributed by atoms with Crippen molar-refractivity contribution in [2.24, 2.45) is 0 Å². The number of aliphatic hydroxyl groups excluding tert-OH is 1. The Kier molecular flexibility index (Phi) is 4.16. The minimum absolute atomic E-state index is 0.233. The van der Waals surface area contributed by atoms with Crippen molar-refractivity contribution in [2.45, 2.75) is 45.5 Å². The highest BCUT2D eigenvalue weighted by Gasteiger charge is 2.47. The van der Waals surface area contributed by atoms with Gasteiger partial charge in [-0.05, 0) is 45.9 Å². The lowest BCUT2D eigenvalue weighted by Gasteiger charge is -2.42. The maximum Gasteiger partial charge on any atom is 0.336 e. The first kappa shape index (κ1) is 17.2. The molecule has 0 fully saturated rings. The molecule has 1 aromatic carbocycles. The third-order valence-corrected chi connectivity index (χ3v) is 4.42. The monoisotopic (exact) mass is 344 g/mol. The zero-order valence-corrected chi connectivity index (χ0v) is 14.5. The molecule has 6 nitrogen and oxygen atoms in total. The minimum atomic E-state index is -1.19. The van der Waals surface area contributed by atoms with E-state index in [1.165, 1.54) is 6.07 Å². The number of carbonyl (C=O) groups excluding carboxylic acids is 1. The Morgan fingerprint density at radius 1 is 1.28 bits per heavy atom. The van der Waals surface area contributed by atoms with Gasteiger partial charge in [-0.15, -0.1) is 0 Å². The Bertz CT molecular complexity index is 921. The Hall–Kier alpha value is -2.60. The normalized spacial score (nSPS) is 22.2. The van der Waals surface area contributed by atoms with E-state index in [1.807, 2.05) is 0 Å². The standard InChI is InChI=1S/C19H20O6/c1-5-10(2)18(22)24-17-15(21)14-12(25-19(17,3)4)8-6-11-7-9-13(20)23-16(11)14/h5-9,15,17,21H,1-4H3/t15-,17-/m1/s1. The van der Waals surface area contributed by atoms with Crippen LogP contribution in [0.15, 0.2) is 45.1 Å². The van der Waals surface area contributed by atoms with E-state index in [2.05, 4.69) is 0 Å². The SMILES string of the molecule is CC=C(C)C(=O)O[C@@H]1[C@H](O)c2c(ccc3ccc(=O)oc23)OC1(C)C. The summed E-state index contributed by atoms with van der Waals surface area (Å²) in [5, 5.41) is 11.6. The van der Waals surface area contributed by atoms with Crippen LogP contribution in [-0.2, 0) is 9.53 Å². The van der Waals surface area contributed by atoms with Gasteiger partial charge in [0.05, 0.1) is 5.56 Å². The molecule has 132 valence electrons. The first-order chi connectivity index (χ1) is 11.7. The van der Waals surface area contributed by atoms with Gasteiger partial charge in [0, 0.05) is 17.0 Å². The molecule has 1 N–H and O–H groups in total. The lowest BCUT2D eigenvalue weighted by atomic mass is 9.87. The zero-order chi connectivity index (χ0) is 18.4. The van der Waals surface area contributed by atoms with Crippen molar-refractivity contribution in [3.05, 3.63) is 51.9 Å². The fraction of sp³-hybridized carbons (Fsp3) is 0.368. The molecule has 2 atom stereocenters. The van der Waals surface area contributed by atoms with Gasteiger partial charge in [-0.3, -0.25) is 0 Å². The van der Waals surface area contributed by atoms with Gasteiger partial charge in [-0.25, -0.2) is 9.59 Å². The second-order valence-electron chi connectivity index (χ2n) is 6.60. The summed E-state index contributed by atoms with van der Waals surface area (Å²) >= 11 is 0. The number of hydrogen-bond acceptors (Lipinski definition) is 6. The predicted octanol–water partition coefficient (Wildman–Crippen LogP) is 2.88. The van der Waals surface area contributed by atoms with Crippen molar-refractivity contribution in [1.29, 1.82) is 0 Å². The molecule has 0 bridgehead atoms. The average molecular weight is 344 g/mol. The Morgan fingerprint density at radius 3 is 2.64 bits per heavy atom. The van der Waals surface area contributed by atoms with Crippen LogP contribution >= 0.6 is 0 Å². The summed E-state index contributed by atoms with van der Waals surface area (Å²) in [6, 6.07) is 6.37. The van der Waals surface area contributed by atoms with E-state index in [-0.39, 0.29) is 5.58 Å². The van der Waals surface area contributed by atoms with Crippen molar-refractivity contribution < 1.29 is 23.8 Å². The Balaban J connectivity index is 2.12. The van der Waals surface area contributed by atoms with Crippen LogP contribution in [0, 0.1) is 0 Å². The van der Waals surface area contributed by atoms with Crippen molar-refractivity contribution in [2.75, 3.05) is 0 Å². The highest BCUT2D eigenvalue weighted by Crippen LogP contribution is 2.44. The number of rotatable bonds is 2. The van der Waals surface area contributed by atoms with Gasteiger partial charge in [0.2, 0.25) is 0 Å². The molecular weight excluding hydrogens is 324 g/mol. The molecule has 0 aliphatic carbocycles. The van der Waals surface area contributed by atoms with Crippen molar-refractivity contribution >= 4 is 16.9 Å². The zero-order valence-electron chi connectivity index (χ0n) is 14.5. The van der Waals surface area contributed by atoms with Crippen LogP contribution in [0.2, 0.25) is 0 Å². The summed E-state index contributed by atoms with van der Waals surface area (Å²) in [4.78, 5) is 23.8. The summed E-state index contributed by atoms with van der Waals surface area (Å²) in [6.45, 7) is 6.82. The number of carbonyl (C=O) groups is 1. The van der Waals surface area contributed by atoms with Gasteiger partial charge in [0.25, 0.3) is 0 Å². The number of aliphatic hydroxyl groups is 1. The molecule has 0 amide bonds. The highest BCUT2D eigenvalue weighted by molar-refractivity contribution is 5.88. The van der Waals surface area contributed by atoms with E-state index >= 15 is 0 Å². The van der Waals surface area contributed by atoms with Gasteiger partial charge < -0.3 is 19.0 Å². The maximum atomic E-state index is 12.2. The molecule has 0 saturated heterocycles. The van der Waals surface area contributed by atoms with E-state index in [4.69, 9.17) is 13.9 Å². The predicted molar refractivity (Wildman–Crippen MR) is 91.5 cm³/mol. The summed E-state index contributed by atoms with van der Waals surface area (Å²) < 4.78 is 16.7. The topological polar surface area (TPSA) is 86.0 Å². The molecular formula is C19H20O6. The van der Waals surface area contributed by atoms with Crippen molar-refractivity contribution in [1.82, 2.24) is 0 Å². The molecule has 2 aromatic rings.